The van der Waals surface area contributed by atoms with E-state index in [0.717, 1.165) is 11.1 Å². The van der Waals surface area contributed by atoms with Gasteiger partial charge >= 0.3 is 0 Å². The molecule has 0 spiro atoms. The SMILES string of the molecule is Cc1cc(CNS(=O)(=O)c2cc(C)c(C)c(N)c2)on1. The molecule has 0 aliphatic carbocycles. The van der Waals surface area contributed by atoms with Crippen molar-refractivity contribution in [3.8, 4) is 0 Å². The normalized spacial score (nSPS) is 11.8. The van der Waals surface area contributed by atoms with Crippen LogP contribution in [0.4, 0.5) is 5.69 Å². The minimum absolute atomic E-state index is 0.0516. The van der Waals surface area contributed by atoms with E-state index in [0.29, 0.717) is 17.1 Å². The smallest absolute Gasteiger partial charge is 0.241 e. The number of aromatic nitrogens is 1. The predicted molar refractivity (Wildman–Crippen MR) is 75.6 cm³/mol. The molecule has 0 aliphatic heterocycles. The standard InChI is InChI=1S/C13H17N3O3S/c1-8-4-12(6-13(14)10(8)3)20(17,18)15-7-11-5-9(2)16-19-11/h4-6,15H,7,14H2,1-3H3. The molecule has 7 heteroatoms. The third kappa shape index (κ3) is 3.00. The molecule has 0 amide bonds. The Balaban J connectivity index is 2.22. The number of nitrogens with one attached hydrogen (secondary N) is 1. The van der Waals surface area contributed by atoms with Crippen LogP contribution in [-0.4, -0.2) is 13.6 Å². The molecule has 2 aromatic rings. The van der Waals surface area contributed by atoms with Crippen LogP contribution in [-0.2, 0) is 16.6 Å². The second-order valence-electron chi connectivity index (χ2n) is 4.71. The molecule has 1 aromatic carbocycles. The fourth-order valence-electron chi connectivity index (χ4n) is 1.76. The Labute approximate surface area is 118 Å². The molecular formula is C13H17N3O3S. The van der Waals surface area contributed by atoms with Gasteiger partial charge in [-0.2, -0.15) is 0 Å². The van der Waals surface area contributed by atoms with Gasteiger partial charge < -0.3 is 10.3 Å². The average Bonchev–Trinajstić information content (AvgIpc) is 2.79. The van der Waals surface area contributed by atoms with Crippen LogP contribution < -0.4 is 10.5 Å². The number of aryl methyl sites for hydroxylation is 2. The summed E-state index contributed by atoms with van der Waals surface area (Å²) in [5, 5.41) is 3.70. The maximum absolute atomic E-state index is 12.2. The van der Waals surface area contributed by atoms with Gasteiger partial charge in [-0.1, -0.05) is 5.16 Å². The van der Waals surface area contributed by atoms with E-state index < -0.39 is 10.0 Å². The zero-order valence-corrected chi connectivity index (χ0v) is 12.4. The van der Waals surface area contributed by atoms with Crippen molar-refractivity contribution >= 4 is 15.7 Å². The first-order chi connectivity index (χ1) is 9.29. The van der Waals surface area contributed by atoms with Crippen molar-refractivity contribution in [3.05, 3.63) is 40.8 Å². The molecule has 3 N–H and O–H groups in total. The van der Waals surface area contributed by atoms with E-state index in [1.807, 2.05) is 13.8 Å². The van der Waals surface area contributed by atoms with Crippen molar-refractivity contribution in [2.75, 3.05) is 5.73 Å². The summed E-state index contributed by atoms with van der Waals surface area (Å²) >= 11 is 0. The molecule has 0 unspecified atom stereocenters. The van der Waals surface area contributed by atoms with E-state index in [1.54, 1.807) is 19.1 Å². The number of hydrogen-bond donors (Lipinski definition) is 2. The van der Waals surface area contributed by atoms with E-state index >= 15 is 0 Å². The van der Waals surface area contributed by atoms with Crippen LogP contribution in [0.15, 0.2) is 27.6 Å². The highest BCUT2D eigenvalue weighted by molar-refractivity contribution is 7.89. The largest absolute Gasteiger partial charge is 0.398 e. The summed E-state index contributed by atoms with van der Waals surface area (Å²) in [6, 6.07) is 4.73. The van der Waals surface area contributed by atoms with E-state index in [-0.39, 0.29) is 11.4 Å². The topological polar surface area (TPSA) is 98.2 Å². The molecule has 0 bridgehead atoms. The second-order valence-corrected chi connectivity index (χ2v) is 6.48. The summed E-state index contributed by atoms with van der Waals surface area (Å²) in [6.07, 6.45) is 0. The first kappa shape index (κ1) is 14.5. The van der Waals surface area contributed by atoms with Crippen LogP contribution in [0.1, 0.15) is 22.6 Å². The third-order valence-corrected chi connectivity index (χ3v) is 4.49. The van der Waals surface area contributed by atoms with Crippen LogP contribution in [0.3, 0.4) is 0 Å². The number of hydrogen-bond acceptors (Lipinski definition) is 5. The Bertz CT molecular complexity index is 712. The highest BCUT2D eigenvalue weighted by Crippen LogP contribution is 2.21. The lowest BCUT2D eigenvalue weighted by atomic mass is 10.1. The van der Waals surface area contributed by atoms with Gasteiger partial charge in [0.15, 0.2) is 5.76 Å². The van der Waals surface area contributed by atoms with Gasteiger partial charge in [-0.05, 0) is 44.0 Å². The molecular weight excluding hydrogens is 278 g/mol. The van der Waals surface area contributed by atoms with Crippen molar-refractivity contribution < 1.29 is 12.9 Å². The molecule has 0 saturated carbocycles. The molecule has 20 heavy (non-hydrogen) atoms. The lowest BCUT2D eigenvalue weighted by Crippen LogP contribution is -2.23. The van der Waals surface area contributed by atoms with Crippen LogP contribution >= 0.6 is 0 Å². The molecule has 0 saturated heterocycles. The number of nitrogens with zero attached hydrogens (tertiary/aromatic N) is 1. The van der Waals surface area contributed by atoms with E-state index in [2.05, 4.69) is 9.88 Å². The van der Waals surface area contributed by atoms with Gasteiger partial charge in [-0.15, -0.1) is 0 Å². The van der Waals surface area contributed by atoms with Gasteiger partial charge in [0.05, 0.1) is 17.1 Å². The van der Waals surface area contributed by atoms with Gasteiger partial charge in [0.1, 0.15) is 0 Å². The number of nitrogen functional groups attached to an aromatic ring is 1. The van der Waals surface area contributed by atoms with Gasteiger partial charge in [0.2, 0.25) is 10.0 Å². The van der Waals surface area contributed by atoms with E-state index in [1.165, 1.54) is 6.07 Å². The molecule has 1 heterocycles. The van der Waals surface area contributed by atoms with Crippen molar-refractivity contribution in [2.24, 2.45) is 0 Å². The highest BCUT2D eigenvalue weighted by atomic mass is 32.2. The number of nitrogens with two attached hydrogens (primary N) is 1. The molecule has 0 fully saturated rings. The number of sulfonamides is 1. The number of anilines is 1. The molecule has 0 aliphatic rings. The lowest BCUT2D eigenvalue weighted by molar-refractivity contribution is 0.377. The molecule has 1 aromatic heterocycles. The fraction of sp³-hybridized carbons (Fsp3) is 0.308. The molecule has 108 valence electrons. The predicted octanol–water partition coefficient (Wildman–Crippen LogP) is 1.66. The Morgan fingerprint density at radius 3 is 2.50 bits per heavy atom. The van der Waals surface area contributed by atoms with Gasteiger partial charge in [0.25, 0.3) is 0 Å². The zero-order valence-electron chi connectivity index (χ0n) is 11.6. The fourth-order valence-corrected chi connectivity index (χ4v) is 2.87. The van der Waals surface area contributed by atoms with Crippen LogP contribution in [0, 0.1) is 20.8 Å². The lowest BCUT2D eigenvalue weighted by Gasteiger charge is -2.10. The summed E-state index contributed by atoms with van der Waals surface area (Å²) in [4.78, 5) is 0.148. The summed E-state index contributed by atoms with van der Waals surface area (Å²) in [6.45, 7) is 5.50. The number of rotatable bonds is 4. The van der Waals surface area contributed by atoms with Crippen LogP contribution in [0.2, 0.25) is 0 Å². The molecule has 0 atom stereocenters. The minimum atomic E-state index is -3.63. The van der Waals surface area contributed by atoms with Crippen molar-refractivity contribution in [3.63, 3.8) is 0 Å². The van der Waals surface area contributed by atoms with Crippen molar-refractivity contribution in [1.82, 2.24) is 9.88 Å². The van der Waals surface area contributed by atoms with Crippen LogP contribution in [0.25, 0.3) is 0 Å². The van der Waals surface area contributed by atoms with Crippen LogP contribution in [0.5, 0.6) is 0 Å². The third-order valence-electron chi connectivity index (χ3n) is 3.10. The molecule has 2 rings (SSSR count). The maximum Gasteiger partial charge on any atom is 0.241 e. The van der Waals surface area contributed by atoms with Gasteiger partial charge in [-0.25, -0.2) is 13.1 Å². The van der Waals surface area contributed by atoms with Gasteiger partial charge in [0, 0.05) is 11.8 Å². The number of benzene rings is 1. The van der Waals surface area contributed by atoms with Crippen molar-refractivity contribution in [2.45, 2.75) is 32.2 Å². The molecule has 0 radical (unpaired) electrons. The Hall–Kier alpha value is -1.86. The quantitative estimate of drug-likeness (QED) is 0.836. The first-order valence-corrected chi connectivity index (χ1v) is 7.56. The van der Waals surface area contributed by atoms with E-state index in [9.17, 15) is 8.42 Å². The van der Waals surface area contributed by atoms with Gasteiger partial charge in [-0.3, -0.25) is 0 Å². The first-order valence-electron chi connectivity index (χ1n) is 6.08. The second kappa shape index (κ2) is 5.26. The average molecular weight is 295 g/mol. The summed E-state index contributed by atoms with van der Waals surface area (Å²) in [5.41, 5.74) is 8.69. The zero-order chi connectivity index (χ0) is 14.9. The Morgan fingerprint density at radius 1 is 1.25 bits per heavy atom. The van der Waals surface area contributed by atoms with E-state index in [4.69, 9.17) is 10.3 Å². The van der Waals surface area contributed by atoms with Crippen molar-refractivity contribution in [1.29, 1.82) is 0 Å². The summed E-state index contributed by atoms with van der Waals surface area (Å²) in [7, 11) is -3.63. The highest BCUT2D eigenvalue weighted by Gasteiger charge is 2.17. The summed E-state index contributed by atoms with van der Waals surface area (Å²) < 4.78 is 31.8. The monoisotopic (exact) mass is 295 g/mol. The Kier molecular flexibility index (Phi) is 3.82. The summed E-state index contributed by atoms with van der Waals surface area (Å²) in [5.74, 6) is 0.461. The Morgan fingerprint density at radius 2 is 1.95 bits per heavy atom. The molecule has 6 nitrogen and oxygen atoms in total. The minimum Gasteiger partial charge on any atom is -0.398 e. The maximum atomic E-state index is 12.2.